The molecular formula is C21H33N4O2P. The third-order valence-corrected chi connectivity index (χ3v) is 9.30. The predicted octanol–water partition coefficient (Wildman–Crippen LogP) is 4.70. The van der Waals surface area contributed by atoms with E-state index in [-0.39, 0.29) is 24.2 Å². The average Bonchev–Trinajstić information content (AvgIpc) is 2.94. The second-order valence-corrected chi connectivity index (χ2v) is 10.6. The van der Waals surface area contributed by atoms with Gasteiger partial charge in [0.25, 0.3) is 7.59 Å². The number of nitriles is 1. The Bertz CT molecular complexity index is 731. The van der Waals surface area contributed by atoms with E-state index in [1.807, 2.05) is 24.3 Å². The highest BCUT2D eigenvalue weighted by atomic mass is 31.2. The van der Waals surface area contributed by atoms with Crippen LogP contribution in [0, 0.1) is 11.3 Å². The Balaban J connectivity index is 1.98. The Labute approximate surface area is 169 Å². The van der Waals surface area contributed by atoms with Gasteiger partial charge in [-0.1, -0.05) is 25.0 Å². The van der Waals surface area contributed by atoms with Crippen LogP contribution in [0.5, 0.6) is 5.75 Å². The van der Waals surface area contributed by atoms with Crippen molar-refractivity contribution in [1.29, 1.82) is 5.26 Å². The van der Waals surface area contributed by atoms with Gasteiger partial charge in [0.05, 0.1) is 13.2 Å². The molecule has 7 heteroatoms. The molecule has 1 aromatic rings. The first-order chi connectivity index (χ1) is 13.3. The lowest BCUT2D eigenvalue weighted by atomic mass is 9.89. The minimum atomic E-state index is -3.10. The molecule has 1 aliphatic heterocycles. The number of methoxy groups -OCH3 is 1. The molecule has 28 heavy (non-hydrogen) atoms. The largest absolute Gasteiger partial charge is 0.497 e. The molecule has 1 heterocycles. The molecule has 0 unspecified atom stereocenters. The van der Waals surface area contributed by atoms with Crippen LogP contribution in [0.25, 0.3) is 0 Å². The average molecular weight is 404 g/mol. The highest BCUT2D eigenvalue weighted by Crippen LogP contribution is 2.63. The smallest absolute Gasteiger partial charge is 0.286 e. The summed E-state index contributed by atoms with van der Waals surface area (Å²) in [4.78, 5) is 0. The highest BCUT2D eigenvalue weighted by molar-refractivity contribution is 7.57. The van der Waals surface area contributed by atoms with E-state index in [1.54, 1.807) is 7.11 Å². The first-order valence-corrected chi connectivity index (χ1v) is 11.9. The fourth-order valence-corrected chi connectivity index (χ4v) is 8.54. The minimum Gasteiger partial charge on any atom is -0.497 e. The summed E-state index contributed by atoms with van der Waals surface area (Å²) in [6.45, 7) is 8.44. The summed E-state index contributed by atoms with van der Waals surface area (Å²) in [6, 6.07) is 9.96. The number of nitrogens with zero attached hydrogens (tertiary/aromatic N) is 3. The van der Waals surface area contributed by atoms with Crippen LogP contribution >= 0.6 is 7.59 Å². The molecule has 3 atom stereocenters. The van der Waals surface area contributed by atoms with Gasteiger partial charge >= 0.3 is 0 Å². The maximum atomic E-state index is 14.6. The molecule has 1 saturated carbocycles. The molecule has 0 radical (unpaired) electrons. The summed E-state index contributed by atoms with van der Waals surface area (Å²) in [5.41, 5.74) is 0.806. The Kier molecular flexibility index (Phi) is 6.51. The normalized spacial score (nSPS) is 26.2. The van der Waals surface area contributed by atoms with E-state index in [4.69, 9.17) is 4.74 Å². The van der Waals surface area contributed by atoms with E-state index in [2.05, 4.69) is 48.2 Å². The Morgan fingerprint density at radius 3 is 1.96 bits per heavy atom. The van der Waals surface area contributed by atoms with Crippen LogP contribution in [0.2, 0.25) is 0 Å². The Morgan fingerprint density at radius 1 is 1.07 bits per heavy atom. The number of hydrogen-bond donors (Lipinski definition) is 1. The van der Waals surface area contributed by atoms with Gasteiger partial charge in [-0.2, -0.15) is 5.26 Å². The quantitative estimate of drug-likeness (QED) is 0.693. The van der Waals surface area contributed by atoms with Crippen molar-refractivity contribution in [1.82, 2.24) is 14.4 Å². The molecule has 2 aliphatic rings. The Morgan fingerprint density at radius 2 is 1.57 bits per heavy atom. The molecule has 1 N–H and O–H groups in total. The summed E-state index contributed by atoms with van der Waals surface area (Å²) >= 11 is 0. The van der Waals surface area contributed by atoms with Crippen LogP contribution in [-0.4, -0.2) is 40.6 Å². The maximum Gasteiger partial charge on any atom is 0.286 e. The fraction of sp³-hybridized carbons (Fsp3) is 0.667. The van der Waals surface area contributed by atoms with Gasteiger partial charge in [0.1, 0.15) is 11.8 Å². The van der Waals surface area contributed by atoms with Crippen molar-refractivity contribution in [2.24, 2.45) is 0 Å². The van der Waals surface area contributed by atoms with Gasteiger partial charge in [-0.25, -0.2) is 14.4 Å². The number of benzene rings is 1. The molecule has 3 rings (SSSR count). The molecule has 0 bridgehead atoms. The van der Waals surface area contributed by atoms with Crippen molar-refractivity contribution in [2.75, 3.05) is 7.11 Å². The van der Waals surface area contributed by atoms with E-state index in [1.165, 1.54) is 12.8 Å². The molecule has 1 aliphatic carbocycles. The zero-order valence-electron chi connectivity index (χ0n) is 17.6. The molecular weight excluding hydrogens is 371 g/mol. The van der Waals surface area contributed by atoms with Crippen LogP contribution in [0.3, 0.4) is 0 Å². The van der Waals surface area contributed by atoms with E-state index in [9.17, 15) is 9.83 Å². The second kappa shape index (κ2) is 8.55. The van der Waals surface area contributed by atoms with Crippen molar-refractivity contribution in [2.45, 2.75) is 83.6 Å². The van der Waals surface area contributed by atoms with Crippen LogP contribution in [0.4, 0.5) is 0 Å². The molecule has 154 valence electrons. The van der Waals surface area contributed by atoms with Gasteiger partial charge in [-0.15, -0.1) is 0 Å². The van der Waals surface area contributed by atoms with Crippen molar-refractivity contribution in [3.05, 3.63) is 29.8 Å². The second-order valence-electron chi connectivity index (χ2n) is 8.38. The lowest BCUT2D eigenvalue weighted by Crippen LogP contribution is -2.43. The summed E-state index contributed by atoms with van der Waals surface area (Å²) in [5.74, 6) is 0.742. The van der Waals surface area contributed by atoms with E-state index in [0.717, 1.165) is 24.2 Å². The van der Waals surface area contributed by atoms with E-state index < -0.39 is 13.6 Å². The molecule has 2 fully saturated rings. The summed E-state index contributed by atoms with van der Waals surface area (Å²) in [5, 5.41) is 13.2. The standard InChI is InChI=1S/C21H33N4O2P/c1-15(2)24-20-8-6-7-9-21(20)25(16(3)4)28(24,26)23-19(14-22)17-10-12-18(27-5)13-11-17/h10-13,15-16,19-21H,6-9H2,1-5H3,(H,23,26)/t19-,20-,21-/m1/s1. The minimum absolute atomic E-state index is 0.142. The van der Waals surface area contributed by atoms with Gasteiger partial charge in [0, 0.05) is 24.2 Å². The van der Waals surface area contributed by atoms with Crippen molar-refractivity contribution in [3.8, 4) is 11.8 Å². The zero-order chi connectivity index (χ0) is 20.5. The topological polar surface area (TPSA) is 68.6 Å². The molecule has 1 aromatic carbocycles. The predicted molar refractivity (Wildman–Crippen MR) is 112 cm³/mol. The number of nitrogens with one attached hydrogen (secondary N) is 1. The Hall–Kier alpha value is -1.38. The summed E-state index contributed by atoms with van der Waals surface area (Å²) in [7, 11) is -1.48. The number of rotatable bonds is 6. The van der Waals surface area contributed by atoms with E-state index >= 15 is 0 Å². The zero-order valence-corrected chi connectivity index (χ0v) is 18.5. The number of fused-ring (bicyclic) bond motifs is 1. The van der Waals surface area contributed by atoms with Crippen molar-refractivity contribution in [3.63, 3.8) is 0 Å². The third kappa shape index (κ3) is 3.74. The molecule has 0 amide bonds. The van der Waals surface area contributed by atoms with Gasteiger partial charge in [-0.05, 0) is 58.2 Å². The van der Waals surface area contributed by atoms with Crippen LogP contribution in [-0.2, 0) is 4.57 Å². The van der Waals surface area contributed by atoms with Gasteiger partial charge in [0.15, 0.2) is 0 Å². The first-order valence-electron chi connectivity index (χ1n) is 10.3. The van der Waals surface area contributed by atoms with Gasteiger partial charge < -0.3 is 4.74 Å². The third-order valence-electron chi connectivity index (χ3n) is 5.93. The lowest BCUT2D eigenvalue weighted by molar-refractivity contribution is 0.173. The van der Waals surface area contributed by atoms with Gasteiger partial charge in [0.2, 0.25) is 0 Å². The summed E-state index contributed by atoms with van der Waals surface area (Å²) < 4.78 is 24.1. The molecule has 1 saturated heterocycles. The summed E-state index contributed by atoms with van der Waals surface area (Å²) in [6.07, 6.45) is 4.49. The first kappa shape index (κ1) is 21.3. The number of ether oxygens (including phenoxy) is 1. The lowest BCUT2D eigenvalue weighted by Gasteiger charge is -2.37. The molecule has 6 nitrogen and oxygen atoms in total. The van der Waals surface area contributed by atoms with Crippen LogP contribution in [0.15, 0.2) is 24.3 Å². The SMILES string of the molecule is COc1ccc([C@@H](C#N)NP2(=O)N(C(C)C)[C@@H]3CCCC[C@H]3N2C(C)C)cc1. The number of hydrogen-bond acceptors (Lipinski definition) is 3. The van der Waals surface area contributed by atoms with Crippen LogP contribution in [0.1, 0.15) is 65.0 Å². The maximum absolute atomic E-state index is 14.6. The monoisotopic (exact) mass is 404 g/mol. The van der Waals surface area contributed by atoms with E-state index in [0.29, 0.717) is 0 Å². The highest BCUT2D eigenvalue weighted by Gasteiger charge is 2.57. The van der Waals surface area contributed by atoms with Crippen molar-refractivity contribution < 1.29 is 9.30 Å². The fourth-order valence-electron chi connectivity index (χ4n) is 4.90. The van der Waals surface area contributed by atoms with Crippen LogP contribution < -0.4 is 9.82 Å². The molecule has 0 aromatic heterocycles. The van der Waals surface area contributed by atoms with Crippen molar-refractivity contribution >= 4 is 7.59 Å². The van der Waals surface area contributed by atoms with Gasteiger partial charge in [-0.3, -0.25) is 4.57 Å². The molecule has 0 spiro atoms.